The van der Waals surface area contributed by atoms with Crippen molar-refractivity contribution < 1.29 is 8.42 Å². The second kappa shape index (κ2) is 5.71. The lowest BCUT2D eigenvalue weighted by Crippen LogP contribution is -2.13. The van der Waals surface area contributed by atoms with E-state index in [1.807, 2.05) is 35.7 Å². The van der Waals surface area contributed by atoms with Gasteiger partial charge in [0.2, 0.25) is 0 Å². The van der Waals surface area contributed by atoms with Crippen molar-refractivity contribution in [2.45, 2.75) is 4.90 Å². The third-order valence-corrected chi connectivity index (χ3v) is 5.30. The summed E-state index contributed by atoms with van der Waals surface area (Å²) in [6, 6.07) is 19.7. The zero-order valence-corrected chi connectivity index (χ0v) is 12.7. The molecule has 0 unspecified atom stereocenters. The second-order valence-corrected chi connectivity index (χ2v) is 7.07. The van der Waals surface area contributed by atoms with E-state index in [-0.39, 0.29) is 4.90 Å². The maximum absolute atomic E-state index is 12.4. The molecule has 3 aromatic rings. The van der Waals surface area contributed by atoms with Crippen molar-refractivity contribution in [3.63, 3.8) is 0 Å². The number of hydrogen-bond acceptors (Lipinski definition) is 3. The van der Waals surface area contributed by atoms with Crippen LogP contribution in [0.4, 0.5) is 5.69 Å². The Hall–Kier alpha value is -2.11. The second-order valence-electron chi connectivity index (χ2n) is 4.44. The average molecular weight is 315 g/mol. The lowest BCUT2D eigenvalue weighted by molar-refractivity contribution is 0.601. The van der Waals surface area contributed by atoms with Gasteiger partial charge in [-0.1, -0.05) is 42.5 Å². The largest absolute Gasteiger partial charge is 0.279 e. The molecule has 21 heavy (non-hydrogen) atoms. The Bertz CT molecular complexity index is 826. The van der Waals surface area contributed by atoms with Crippen LogP contribution in [0.3, 0.4) is 0 Å². The van der Waals surface area contributed by atoms with Crippen molar-refractivity contribution >= 4 is 27.0 Å². The van der Waals surface area contributed by atoms with Gasteiger partial charge in [0.05, 0.1) is 10.6 Å². The number of benzene rings is 2. The van der Waals surface area contributed by atoms with Crippen LogP contribution in [-0.2, 0) is 10.0 Å². The maximum atomic E-state index is 12.4. The number of nitrogens with one attached hydrogen (secondary N) is 1. The fraction of sp³-hybridized carbons (Fsp3) is 0. The summed E-state index contributed by atoms with van der Waals surface area (Å²) in [6.07, 6.45) is 0. The lowest BCUT2D eigenvalue weighted by Gasteiger charge is -2.11. The monoisotopic (exact) mass is 315 g/mol. The Morgan fingerprint density at radius 1 is 0.810 bits per heavy atom. The molecule has 0 aliphatic heterocycles. The molecular formula is C16H13NO2S2. The fourth-order valence-electron chi connectivity index (χ4n) is 2.02. The predicted molar refractivity (Wildman–Crippen MR) is 87.0 cm³/mol. The number of para-hydroxylation sites is 1. The molecule has 1 heterocycles. The van der Waals surface area contributed by atoms with Crippen molar-refractivity contribution in [3.05, 3.63) is 72.1 Å². The van der Waals surface area contributed by atoms with Crippen LogP contribution in [0.2, 0.25) is 0 Å². The van der Waals surface area contributed by atoms with E-state index < -0.39 is 10.0 Å². The van der Waals surface area contributed by atoms with E-state index in [1.165, 1.54) is 0 Å². The third-order valence-electron chi connectivity index (χ3n) is 3.01. The summed E-state index contributed by atoms with van der Waals surface area (Å²) in [6.45, 7) is 0. The van der Waals surface area contributed by atoms with Crippen LogP contribution in [0.15, 0.2) is 77.0 Å². The van der Waals surface area contributed by atoms with Gasteiger partial charge in [0.1, 0.15) is 0 Å². The van der Waals surface area contributed by atoms with Gasteiger partial charge < -0.3 is 0 Å². The normalized spacial score (nSPS) is 11.2. The van der Waals surface area contributed by atoms with E-state index in [4.69, 9.17) is 0 Å². The van der Waals surface area contributed by atoms with Gasteiger partial charge in [0.25, 0.3) is 10.0 Å². The van der Waals surface area contributed by atoms with Gasteiger partial charge >= 0.3 is 0 Å². The highest BCUT2D eigenvalue weighted by molar-refractivity contribution is 7.92. The predicted octanol–water partition coefficient (Wildman–Crippen LogP) is 4.22. The van der Waals surface area contributed by atoms with E-state index in [2.05, 4.69) is 4.72 Å². The Morgan fingerprint density at radius 3 is 2.24 bits per heavy atom. The van der Waals surface area contributed by atoms with Gasteiger partial charge in [-0.05, 0) is 29.6 Å². The minimum atomic E-state index is -3.57. The van der Waals surface area contributed by atoms with Gasteiger partial charge in [-0.25, -0.2) is 8.42 Å². The Balaban J connectivity index is 2.00. The molecule has 0 bridgehead atoms. The first-order valence-electron chi connectivity index (χ1n) is 6.37. The first-order valence-corrected chi connectivity index (χ1v) is 8.74. The SMILES string of the molecule is O=S(=O)(Nc1ccccc1-c1cccs1)c1ccccc1. The molecule has 0 spiro atoms. The van der Waals surface area contributed by atoms with Crippen LogP contribution in [0.25, 0.3) is 10.4 Å². The minimum absolute atomic E-state index is 0.256. The van der Waals surface area contributed by atoms with Gasteiger partial charge in [-0.3, -0.25) is 4.72 Å². The number of hydrogen-bond donors (Lipinski definition) is 1. The molecule has 1 N–H and O–H groups in total. The molecule has 0 amide bonds. The molecule has 5 heteroatoms. The van der Waals surface area contributed by atoms with Gasteiger partial charge in [-0.15, -0.1) is 11.3 Å². The quantitative estimate of drug-likeness (QED) is 0.783. The first kappa shape index (κ1) is 13.9. The molecule has 1 aromatic heterocycles. The number of sulfonamides is 1. The summed E-state index contributed by atoms with van der Waals surface area (Å²) < 4.78 is 27.5. The summed E-state index contributed by atoms with van der Waals surface area (Å²) in [5.74, 6) is 0. The van der Waals surface area contributed by atoms with E-state index in [1.54, 1.807) is 47.7 Å². The molecule has 3 rings (SSSR count). The Morgan fingerprint density at radius 2 is 1.52 bits per heavy atom. The molecule has 2 aromatic carbocycles. The van der Waals surface area contributed by atoms with E-state index in [0.717, 1.165) is 10.4 Å². The molecular weight excluding hydrogens is 302 g/mol. The summed E-state index contributed by atoms with van der Waals surface area (Å²) in [4.78, 5) is 1.28. The summed E-state index contributed by atoms with van der Waals surface area (Å²) in [5.41, 5.74) is 1.47. The number of anilines is 1. The molecule has 0 saturated heterocycles. The first-order chi connectivity index (χ1) is 10.2. The average Bonchev–Trinajstić information content (AvgIpc) is 3.02. The molecule has 3 nitrogen and oxygen atoms in total. The Labute approximate surface area is 127 Å². The molecule has 106 valence electrons. The highest BCUT2D eigenvalue weighted by Crippen LogP contribution is 2.32. The van der Waals surface area contributed by atoms with Gasteiger partial charge in [-0.2, -0.15) is 0 Å². The maximum Gasteiger partial charge on any atom is 0.261 e. The van der Waals surface area contributed by atoms with Gasteiger partial charge in [0.15, 0.2) is 0 Å². The molecule has 0 radical (unpaired) electrons. The summed E-state index contributed by atoms with van der Waals surface area (Å²) in [5, 5.41) is 1.97. The lowest BCUT2D eigenvalue weighted by atomic mass is 10.1. The van der Waals surface area contributed by atoms with Crippen molar-refractivity contribution in [1.29, 1.82) is 0 Å². The zero-order chi connectivity index (χ0) is 14.7. The van der Waals surface area contributed by atoms with Crippen molar-refractivity contribution in [1.82, 2.24) is 0 Å². The van der Waals surface area contributed by atoms with Crippen molar-refractivity contribution in [2.24, 2.45) is 0 Å². The van der Waals surface area contributed by atoms with Gasteiger partial charge in [0, 0.05) is 10.4 Å². The third kappa shape index (κ3) is 2.99. The van der Waals surface area contributed by atoms with E-state index in [0.29, 0.717) is 5.69 Å². The zero-order valence-electron chi connectivity index (χ0n) is 11.1. The van der Waals surface area contributed by atoms with Crippen LogP contribution < -0.4 is 4.72 Å². The van der Waals surface area contributed by atoms with Crippen LogP contribution in [-0.4, -0.2) is 8.42 Å². The topological polar surface area (TPSA) is 46.2 Å². The smallest absolute Gasteiger partial charge is 0.261 e. The van der Waals surface area contributed by atoms with E-state index >= 15 is 0 Å². The van der Waals surface area contributed by atoms with Crippen LogP contribution >= 0.6 is 11.3 Å². The molecule has 0 fully saturated rings. The van der Waals surface area contributed by atoms with Crippen LogP contribution in [0.1, 0.15) is 0 Å². The number of thiophene rings is 1. The molecule has 0 atom stereocenters. The van der Waals surface area contributed by atoms with Crippen LogP contribution in [0.5, 0.6) is 0 Å². The van der Waals surface area contributed by atoms with E-state index in [9.17, 15) is 8.42 Å². The highest BCUT2D eigenvalue weighted by Gasteiger charge is 2.16. The van der Waals surface area contributed by atoms with Crippen molar-refractivity contribution in [2.75, 3.05) is 4.72 Å². The summed E-state index contributed by atoms with van der Waals surface area (Å²) >= 11 is 1.58. The standard InChI is InChI=1S/C16H13NO2S2/c18-21(19,13-7-2-1-3-8-13)17-15-10-5-4-9-14(15)16-11-6-12-20-16/h1-12,17H. The fourth-order valence-corrected chi connectivity index (χ4v) is 3.89. The Kier molecular flexibility index (Phi) is 3.77. The van der Waals surface area contributed by atoms with Crippen molar-refractivity contribution in [3.8, 4) is 10.4 Å². The molecule has 0 aliphatic rings. The summed E-state index contributed by atoms with van der Waals surface area (Å²) in [7, 11) is -3.57. The highest BCUT2D eigenvalue weighted by atomic mass is 32.2. The van der Waals surface area contributed by atoms with Crippen LogP contribution in [0, 0.1) is 0 Å². The number of rotatable bonds is 4. The molecule has 0 saturated carbocycles. The minimum Gasteiger partial charge on any atom is -0.279 e. The molecule has 0 aliphatic carbocycles.